The molecule has 0 saturated heterocycles. The fraction of sp³-hybridized carbons (Fsp3) is 0.118. The van der Waals surface area contributed by atoms with Gasteiger partial charge in [-0.1, -0.05) is 18.2 Å². The molecular weight excluding hydrogens is 326 g/mol. The zero-order chi connectivity index (χ0) is 16.9. The van der Waals surface area contributed by atoms with Gasteiger partial charge < -0.3 is 10.4 Å². The number of hydrogen-bond acceptors (Lipinski definition) is 4. The number of thiophene rings is 1. The molecule has 0 unspecified atom stereocenters. The van der Waals surface area contributed by atoms with Crippen LogP contribution in [0.25, 0.3) is 10.6 Å². The predicted octanol–water partition coefficient (Wildman–Crippen LogP) is 2.74. The highest BCUT2D eigenvalue weighted by Gasteiger charge is 2.10. The third-order valence-corrected chi connectivity index (χ3v) is 4.47. The van der Waals surface area contributed by atoms with Crippen molar-refractivity contribution in [3.8, 4) is 10.6 Å². The van der Waals surface area contributed by atoms with Crippen molar-refractivity contribution in [2.24, 2.45) is 0 Å². The first-order valence-corrected chi connectivity index (χ1v) is 8.15. The largest absolute Gasteiger partial charge is 0.477 e. The van der Waals surface area contributed by atoms with E-state index in [2.05, 4.69) is 10.4 Å². The maximum atomic E-state index is 11.9. The average molecular weight is 341 g/mol. The zero-order valence-corrected chi connectivity index (χ0v) is 13.5. The summed E-state index contributed by atoms with van der Waals surface area (Å²) in [7, 11) is 0. The van der Waals surface area contributed by atoms with Crippen molar-refractivity contribution in [2.45, 2.75) is 6.54 Å². The molecule has 0 spiro atoms. The molecule has 0 saturated carbocycles. The van der Waals surface area contributed by atoms with Crippen LogP contribution in [0, 0.1) is 0 Å². The third kappa shape index (κ3) is 3.69. The van der Waals surface area contributed by atoms with Gasteiger partial charge in [-0.15, -0.1) is 11.3 Å². The number of benzene rings is 1. The summed E-state index contributed by atoms with van der Waals surface area (Å²) in [6.45, 7) is 0.995. The molecule has 0 atom stereocenters. The fourth-order valence-corrected chi connectivity index (χ4v) is 2.99. The summed E-state index contributed by atoms with van der Waals surface area (Å²) in [5, 5.41) is 16.2. The first-order valence-electron chi connectivity index (χ1n) is 7.34. The first kappa shape index (κ1) is 15.9. The molecule has 3 rings (SSSR count). The molecule has 0 aliphatic heterocycles. The van der Waals surface area contributed by atoms with Crippen LogP contribution in [-0.4, -0.2) is 33.3 Å². The van der Waals surface area contributed by atoms with Gasteiger partial charge in [0.25, 0.3) is 5.91 Å². The lowest BCUT2D eigenvalue weighted by Crippen LogP contribution is -2.27. The second-order valence-corrected chi connectivity index (χ2v) is 6.14. The van der Waals surface area contributed by atoms with E-state index in [1.165, 1.54) is 11.3 Å². The quantitative estimate of drug-likeness (QED) is 0.722. The van der Waals surface area contributed by atoms with E-state index in [0.717, 1.165) is 10.6 Å². The number of carboxylic acid groups (broad SMARTS) is 1. The van der Waals surface area contributed by atoms with Crippen molar-refractivity contribution >= 4 is 23.2 Å². The molecule has 0 aliphatic rings. The second-order valence-electron chi connectivity index (χ2n) is 5.06. The Morgan fingerprint density at radius 2 is 1.92 bits per heavy atom. The number of rotatable bonds is 6. The molecule has 1 amide bonds. The number of aromatic nitrogens is 2. The monoisotopic (exact) mass is 341 g/mol. The number of carbonyl (C=O) groups is 2. The topological polar surface area (TPSA) is 84.2 Å². The van der Waals surface area contributed by atoms with Gasteiger partial charge >= 0.3 is 5.97 Å². The highest BCUT2D eigenvalue weighted by molar-refractivity contribution is 7.17. The molecule has 6 nitrogen and oxygen atoms in total. The van der Waals surface area contributed by atoms with Gasteiger partial charge in [-0.2, -0.15) is 5.10 Å². The van der Waals surface area contributed by atoms with Crippen LogP contribution in [-0.2, 0) is 6.54 Å². The normalized spacial score (nSPS) is 10.5. The van der Waals surface area contributed by atoms with E-state index in [9.17, 15) is 9.59 Å². The first-order chi connectivity index (χ1) is 11.6. The minimum Gasteiger partial charge on any atom is -0.477 e. The molecule has 0 bridgehead atoms. The Balaban J connectivity index is 1.56. The van der Waals surface area contributed by atoms with Crippen molar-refractivity contribution in [3.63, 3.8) is 0 Å². The molecule has 0 aliphatic carbocycles. The molecule has 2 heterocycles. The van der Waals surface area contributed by atoms with Crippen LogP contribution in [0.4, 0.5) is 0 Å². The van der Waals surface area contributed by atoms with E-state index in [1.54, 1.807) is 28.9 Å². The molecule has 0 radical (unpaired) electrons. The molecule has 1 aromatic carbocycles. The minimum atomic E-state index is -0.936. The summed E-state index contributed by atoms with van der Waals surface area (Å²) < 4.78 is 1.72. The standard InChI is InChI=1S/C17H15N3O3S/c21-16(12-4-2-1-3-5-12)18-9-11-20-10-8-13(19-20)14-6-7-15(24-14)17(22)23/h1-8,10H,9,11H2,(H,18,21)(H,22,23). The van der Waals surface area contributed by atoms with E-state index in [1.807, 2.05) is 30.5 Å². The maximum Gasteiger partial charge on any atom is 0.345 e. The number of carbonyl (C=O) groups excluding carboxylic acids is 1. The third-order valence-electron chi connectivity index (χ3n) is 3.37. The van der Waals surface area contributed by atoms with Crippen LogP contribution >= 0.6 is 11.3 Å². The Bertz CT molecular complexity index is 855. The number of aromatic carboxylic acids is 1. The van der Waals surface area contributed by atoms with Crippen LogP contribution in [0.5, 0.6) is 0 Å². The molecule has 0 fully saturated rings. The van der Waals surface area contributed by atoms with Crippen LogP contribution in [0.1, 0.15) is 20.0 Å². The molecule has 2 aromatic heterocycles. The van der Waals surface area contributed by atoms with Crippen LogP contribution < -0.4 is 5.32 Å². The number of amides is 1. The van der Waals surface area contributed by atoms with Crippen LogP contribution in [0.3, 0.4) is 0 Å². The van der Waals surface area contributed by atoms with E-state index in [4.69, 9.17) is 5.11 Å². The lowest BCUT2D eigenvalue weighted by molar-refractivity contribution is 0.0702. The van der Waals surface area contributed by atoms with Gasteiger partial charge in [0.05, 0.1) is 11.4 Å². The Kier molecular flexibility index (Phi) is 4.72. The smallest absolute Gasteiger partial charge is 0.345 e. The second kappa shape index (κ2) is 7.10. The summed E-state index contributed by atoms with van der Waals surface area (Å²) in [5.41, 5.74) is 1.35. The molecule has 7 heteroatoms. The molecule has 2 N–H and O–H groups in total. The molecular formula is C17H15N3O3S. The van der Waals surface area contributed by atoms with Crippen molar-refractivity contribution in [2.75, 3.05) is 6.54 Å². The van der Waals surface area contributed by atoms with Gasteiger partial charge in [0.1, 0.15) is 10.6 Å². The van der Waals surface area contributed by atoms with Gasteiger partial charge in [0.15, 0.2) is 0 Å². The van der Waals surface area contributed by atoms with E-state index >= 15 is 0 Å². The van der Waals surface area contributed by atoms with Gasteiger partial charge in [-0.3, -0.25) is 9.48 Å². The van der Waals surface area contributed by atoms with Crippen LogP contribution in [0.2, 0.25) is 0 Å². The Hall–Kier alpha value is -2.93. The Morgan fingerprint density at radius 3 is 2.62 bits per heavy atom. The lowest BCUT2D eigenvalue weighted by Gasteiger charge is -2.05. The molecule has 3 aromatic rings. The van der Waals surface area contributed by atoms with Crippen molar-refractivity contribution in [1.29, 1.82) is 0 Å². The van der Waals surface area contributed by atoms with Crippen molar-refractivity contribution in [1.82, 2.24) is 15.1 Å². The number of carboxylic acids is 1. The summed E-state index contributed by atoms with van der Waals surface area (Å²) >= 11 is 1.19. The highest BCUT2D eigenvalue weighted by Crippen LogP contribution is 2.26. The molecule has 24 heavy (non-hydrogen) atoms. The van der Waals surface area contributed by atoms with Gasteiger partial charge in [-0.25, -0.2) is 4.79 Å². The zero-order valence-electron chi connectivity index (χ0n) is 12.7. The van der Waals surface area contributed by atoms with Gasteiger partial charge in [0, 0.05) is 18.3 Å². The minimum absolute atomic E-state index is 0.118. The highest BCUT2D eigenvalue weighted by atomic mass is 32.1. The SMILES string of the molecule is O=C(NCCn1ccc(-c2ccc(C(=O)O)s2)n1)c1ccccc1. The van der Waals surface area contributed by atoms with Gasteiger partial charge in [0.2, 0.25) is 0 Å². The van der Waals surface area contributed by atoms with Crippen molar-refractivity contribution < 1.29 is 14.7 Å². The fourth-order valence-electron chi connectivity index (χ4n) is 2.18. The predicted molar refractivity (Wildman–Crippen MR) is 91.3 cm³/mol. The summed E-state index contributed by atoms with van der Waals surface area (Å²) in [6.07, 6.45) is 1.81. The molecule has 122 valence electrons. The number of nitrogens with zero attached hydrogens (tertiary/aromatic N) is 2. The Morgan fingerprint density at radius 1 is 1.12 bits per heavy atom. The summed E-state index contributed by atoms with van der Waals surface area (Å²) in [5.74, 6) is -1.05. The van der Waals surface area contributed by atoms with Gasteiger partial charge in [-0.05, 0) is 30.3 Å². The number of nitrogens with one attached hydrogen (secondary N) is 1. The van der Waals surface area contributed by atoms with Crippen LogP contribution in [0.15, 0.2) is 54.7 Å². The summed E-state index contributed by atoms with van der Waals surface area (Å²) in [6, 6.07) is 14.2. The number of hydrogen-bond donors (Lipinski definition) is 2. The van der Waals surface area contributed by atoms with E-state index in [0.29, 0.717) is 18.7 Å². The maximum absolute atomic E-state index is 11.9. The van der Waals surface area contributed by atoms with E-state index in [-0.39, 0.29) is 10.8 Å². The summed E-state index contributed by atoms with van der Waals surface area (Å²) in [4.78, 5) is 23.9. The lowest BCUT2D eigenvalue weighted by atomic mass is 10.2. The Labute approximate surface area is 142 Å². The van der Waals surface area contributed by atoms with E-state index < -0.39 is 5.97 Å². The van der Waals surface area contributed by atoms with Crippen molar-refractivity contribution in [3.05, 3.63) is 65.2 Å². The average Bonchev–Trinajstić information content (AvgIpc) is 3.24.